The van der Waals surface area contributed by atoms with Crippen molar-refractivity contribution in [3.05, 3.63) is 34.9 Å². The van der Waals surface area contributed by atoms with Crippen molar-refractivity contribution in [1.82, 2.24) is 24.7 Å². The maximum Gasteiger partial charge on any atom is 0.163 e. The van der Waals surface area contributed by atoms with E-state index in [4.69, 9.17) is 25.8 Å². The summed E-state index contributed by atoms with van der Waals surface area (Å²) in [6.45, 7) is 3.30. The number of rotatable bonds is 10. The van der Waals surface area contributed by atoms with E-state index >= 15 is 0 Å². The summed E-state index contributed by atoms with van der Waals surface area (Å²) in [5.74, 6) is 1.28. The molecule has 1 aliphatic heterocycles. The highest BCUT2D eigenvalue weighted by Gasteiger charge is 2.49. The highest BCUT2D eigenvalue weighted by Crippen LogP contribution is 2.47. The molecule has 2 aromatic rings. The first-order valence-corrected chi connectivity index (χ1v) is 12.6. The molecule has 10 nitrogen and oxygen atoms in total. The zero-order valence-electron chi connectivity index (χ0n) is 18.4. The highest BCUT2D eigenvalue weighted by atomic mass is 35.5. The highest BCUT2D eigenvalue weighted by molar-refractivity contribution is 7.91. The van der Waals surface area contributed by atoms with Gasteiger partial charge in [0.25, 0.3) is 0 Å². The third kappa shape index (κ3) is 4.54. The van der Waals surface area contributed by atoms with Crippen molar-refractivity contribution in [2.24, 2.45) is 0 Å². The van der Waals surface area contributed by atoms with Crippen LogP contribution in [0.25, 0.3) is 0 Å². The summed E-state index contributed by atoms with van der Waals surface area (Å²) in [7, 11) is -0.609. The van der Waals surface area contributed by atoms with Gasteiger partial charge in [-0.05, 0) is 26.2 Å². The van der Waals surface area contributed by atoms with Crippen LogP contribution in [0.3, 0.4) is 0 Å². The molecule has 32 heavy (non-hydrogen) atoms. The van der Waals surface area contributed by atoms with Gasteiger partial charge in [0, 0.05) is 39.1 Å². The number of methoxy groups -OCH3 is 2. The SMILES string of the molecule is COCC1(n2c(CS(=O)(=O)[C@@H](C)[C@H](OC)c3ncc(Cl)cn3)nnc2[C@@H]2CCOC2)CC1. The molecule has 0 spiro atoms. The maximum absolute atomic E-state index is 13.4. The van der Waals surface area contributed by atoms with Crippen molar-refractivity contribution >= 4 is 21.4 Å². The van der Waals surface area contributed by atoms with E-state index in [1.807, 2.05) is 4.57 Å². The molecule has 3 atom stereocenters. The molecule has 176 valence electrons. The fraction of sp³-hybridized carbons (Fsp3) is 0.700. The first-order chi connectivity index (χ1) is 15.3. The van der Waals surface area contributed by atoms with Crippen LogP contribution in [-0.2, 0) is 35.3 Å². The lowest BCUT2D eigenvalue weighted by Crippen LogP contribution is -2.32. The second kappa shape index (κ2) is 9.30. The Bertz CT molecular complexity index is 1040. The lowest BCUT2D eigenvalue weighted by atomic mass is 10.1. The second-order valence-corrected chi connectivity index (χ2v) is 11.3. The van der Waals surface area contributed by atoms with Crippen molar-refractivity contribution in [3.63, 3.8) is 0 Å². The molecule has 2 aromatic heterocycles. The number of nitrogens with zero attached hydrogens (tertiary/aromatic N) is 5. The third-order valence-electron chi connectivity index (χ3n) is 6.24. The second-order valence-electron chi connectivity index (χ2n) is 8.46. The monoisotopic (exact) mass is 485 g/mol. The van der Waals surface area contributed by atoms with Gasteiger partial charge < -0.3 is 18.8 Å². The minimum atomic E-state index is -3.70. The molecule has 0 radical (unpaired) electrons. The van der Waals surface area contributed by atoms with Crippen LogP contribution in [0.4, 0.5) is 0 Å². The zero-order valence-corrected chi connectivity index (χ0v) is 20.0. The molecule has 0 bridgehead atoms. The summed E-state index contributed by atoms with van der Waals surface area (Å²) < 4.78 is 45.3. The molecule has 1 saturated heterocycles. The van der Waals surface area contributed by atoms with Gasteiger partial charge in [-0.1, -0.05) is 11.6 Å². The van der Waals surface area contributed by atoms with E-state index in [1.165, 1.54) is 19.5 Å². The minimum absolute atomic E-state index is 0.0971. The van der Waals surface area contributed by atoms with Gasteiger partial charge in [-0.25, -0.2) is 18.4 Å². The summed E-state index contributed by atoms with van der Waals surface area (Å²) in [6, 6.07) is 0. The molecule has 1 saturated carbocycles. The Kier molecular flexibility index (Phi) is 6.83. The van der Waals surface area contributed by atoms with Gasteiger partial charge >= 0.3 is 0 Å². The molecule has 0 unspecified atom stereocenters. The molecule has 3 heterocycles. The van der Waals surface area contributed by atoms with Crippen molar-refractivity contribution in [2.75, 3.05) is 34.0 Å². The maximum atomic E-state index is 13.4. The lowest BCUT2D eigenvalue weighted by Gasteiger charge is -2.24. The quantitative estimate of drug-likeness (QED) is 0.498. The van der Waals surface area contributed by atoms with Crippen molar-refractivity contribution in [3.8, 4) is 0 Å². The van der Waals surface area contributed by atoms with Crippen molar-refractivity contribution in [1.29, 1.82) is 0 Å². The molecular formula is C20H28ClN5O5S. The molecule has 1 aliphatic carbocycles. The van der Waals surface area contributed by atoms with E-state index in [2.05, 4.69) is 20.2 Å². The zero-order chi connectivity index (χ0) is 22.9. The predicted octanol–water partition coefficient (Wildman–Crippen LogP) is 2.05. The van der Waals surface area contributed by atoms with Gasteiger partial charge in [-0.15, -0.1) is 10.2 Å². The van der Waals surface area contributed by atoms with E-state index in [0.29, 0.717) is 30.7 Å². The van der Waals surface area contributed by atoms with Gasteiger partial charge in [0.15, 0.2) is 15.7 Å². The van der Waals surface area contributed by atoms with Crippen LogP contribution in [0.15, 0.2) is 12.4 Å². The Hall–Kier alpha value is -1.66. The molecule has 4 rings (SSSR count). The Labute approximate surface area is 192 Å². The van der Waals surface area contributed by atoms with E-state index in [9.17, 15) is 8.42 Å². The summed E-state index contributed by atoms with van der Waals surface area (Å²) in [5.41, 5.74) is -0.301. The summed E-state index contributed by atoms with van der Waals surface area (Å²) in [6.07, 6.45) is 4.62. The molecular weight excluding hydrogens is 458 g/mol. The van der Waals surface area contributed by atoms with Crippen LogP contribution in [0.5, 0.6) is 0 Å². The first-order valence-electron chi connectivity index (χ1n) is 10.5. The summed E-state index contributed by atoms with van der Waals surface area (Å²) in [5, 5.41) is 8.18. The van der Waals surface area contributed by atoms with Crippen molar-refractivity contribution in [2.45, 2.75) is 54.7 Å². The Morgan fingerprint density at radius 2 is 2.00 bits per heavy atom. The molecule has 2 aliphatic rings. The van der Waals surface area contributed by atoms with E-state index in [-0.39, 0.29) is 23.0 Å². The normalized spacial score (nSPS) is 22.1. The number of hydrogen-bond acceptors (Lipinski definition) is 9. The third-order valence-corrected chi connectivity index (χ3v) is 8.47. The van der Waals surface area contributed by atoms with Crippen LogP contribution in [0.1, 0.15) is 55.7 Å². The van der Waals surface area contributed by atoms with Crippen LogP contribution in [-0.4, -0.2) is 72.4 Å². The number of aromatic nitrogens is 5. The van der Waals surface area contributed by atoms with E-state index < -0.39 is 21.2 Å². The average Bonchev–Trinajstić information content (AvgIpc) is 3.15. The number of halogens is 1. The standard InChI is InChI=1S/C20H28ClN5O5S/c1-13(17(30-3)18-22-8-15(21)9-23-18)32(27,28)11-16-24-25-19(14-4-7-31-10-14)26(16)20(5-6-20)12-29-2/h8-9,13-14,17H,4-7,10-12H2,1-3H3/t13-,14+,17-/m0/s1. The topological polar surface area (TPSA) is 118 Å². The van der Waals surface area contributed by atoms with E-state index in [0.717, 1.165) is 25.1 Å². The predicted molar refractivity (Wildman–Crippen MR) is 116 cm³/mol. The smallest absolute Gasteiger partial charge is 0.163 e. The molecule has 0 amide bonds. The Balaban J connectivity index is 1.64. The number of ether oxygens (including phenoxy) is 3. The van der Waals surface area contributed by atoms with E-state index in [1.54, 1.807) is 14.0 Å². The van der Waals surface area contributed by atoms with Gasteiger partial charge in [-0.3, -0.25) is 0 Å². The van der Waals surface area contributed by atoms with Gasteiger partial charge in [0.2, 0.25) is 0 Å². The Morgan fingerprint density at radius 1 is 1.28 bits per heavy atom. The summed E-state index contributed by atoms with van der Waals surface area (Å²) in [4.78, 5) is 8.29. The van der Waals surface area contributed by atoms with Crippen LogP contribution >= 0.6 is 11.6 Å². The molecule has 2 fully saturated rings. The van der Waals surface area contributed by atoms with Gasteiger partial charge in [0.05, 0.1) is 29.0 Å². The average molecular weight is 486 g/mol. The molecule has 12 heteroatoms. The molecule has 0 N–H and O–H groups in total. The van der Waals surface area contributed by atoms with Crippen LogP contribution < -0.4 is 0 Å². The van der Waals surface area contributed by atoms with Crippen LogP contribution in [0.2, 0.25) is 5.02 Å². The Morgan fingerprint density at radius 3 is 2.56 bits per heavy atom. The van der Waals surface area contributed by atoms with Gasteiger partial charge in [-0.2, -0.15) is 0 Å². The fourth-order valence-electron chi connectivity index (χ4n) is 4.26. The number of hydrogen-bond donors (Lipinski definition) is 0. The number of sulfone groups is 1. The van der Waals surface area contributed by atoms with Gasteiger partial charge in [0.1, 0.15) is 23.5 Å². The lowest BCUT2D eigenvalue weighted by molar-refractivity contribution is 0.0947. The first kappa shape index (κ1) is 23.5. The fourth-order valence-corrected chi connectivity index (χ4v) is 5.78. The van der Waals surface area contributed by atoms with Crippen molar-refractivity contribution < 1.29 is 22.6 Å². The largest absolute Gasteiger partial charge is 0.382 e. The van der Waals surface area contributed by atoms with Crippen LogP contribution in [0, 0.1) is 0 Å². The molecule has 0 aromatic carbocycles. The summed E-state index contributed by atoms with van der Waals surface area (Å²) >= 11 is 5.86. The minimum Gasteiger partial charge on any atom is -0.382 e.